The molecule has 0 saturated heterocycles. The Morgan fingerprint density at radius 3 is 2.75 bits per heavy atom. The summed E-state index contributed by atoms with van der Waals surface area (Å²) in [5.74, 6) is 0.349. The fourth-order valence-electron chi connectivity index (χ4n) is 2.29. The third kappa shape index (κ3) is 3.70. The minimum Gasteiger partial charge on any atom is -0.466 e. The van der Waals surface area contributed by atoms with Crippen molar-refractivity contribution in [2.45, 2.75) is 13.3 Å². The van der Waals surface area contributed by atoms with Gasteiger partial charge in [-0.25, -0.2) is 4.79 Å². The van der Waals surface area contributed by atoms with Crippen LogP contribution in [0.25, 0.3) is 6.08 Å². The predicted octanol–water partition coefficient (Wildman–Crippen LogP) is 4.01. The van der Waals surface area contributed by atoms with Gasteiger partial charge in [-0.3, -0.25) is 0 Å². The molecule has 2 rings (SSSR count). The molecule has 1 aromatic carbocycles. The van der Waals surface area contributed by atoms with Gasteiger partial charge in [-0.05, 0) is 17.9 Å². The molecule has 0 spiro atoms. The molecule has 0 N–H and O–H groups in total. The number of allylic oxidation sites excluding steroid dienone is 4. The van der Waals surface area contributed by atoms with Crippen molar-refractivity contribution in [2.75, 3.05) is 7.11 Å². The van der Waals surface area contributed by atoms with Crippen molar-refractivity contribution >= 4 is 12.0 Å². The molecule has 0 aliphatic heterocycles. The molecule has 2 heteroatoms. The van der Waals surface area contributed by atoms with Gasteiger partial charge in [0.15, 0.2) is 0 Å². The number of hydrogen-bond acceptors (Lipinski definition) is 2. The molecular weight excluding hydrogens is 248 g/mol. The van der Waals surface area contributed by atoms with Crippen LogP contribution in [0, 0.1) is 11.8 Å². The molecule has 20 heavy (non-hydrogen) atoms. The molecule has 0 heterocycles. The van der Waals surface area contributed by atoms with Crippen LogP contribution in [-0.2, 0) is 9.53 Å². The predicted molar refractivity (Wildman–Crippen MR) is 82.0 cm³/mol. The van der Waals surface area contributed by atoms with E-state index in [9.17, 15) is 4.79 Å². The zero-order valence-electron chi connectivity index (χ0n) is 12.0. The quantitative estimate of drug-likeness (QED) is 0.611. The Bertz CT molecular complexity index is 538. The molecule has 0 radical (unpaired) electrons. The van der Waals surface area contributed by atoms with Gasteiger partial charge in [0.1, 0.15) is 0 Å². The summed E-state index contributed by atoms with van der Waals surface area (Å²) in [6, 6.07) is 10.2. The maximum absolute atomic E-state index is 11.7. The van der Waals surface area contributed by atoms with Gasteiger partial charge in [-0.15, -0.1) is 0 Å². The number of esters is 1. The van der Waals surface area contributed by atoms with Crippen LogP contribution in [-0.4, -0.2) is 13.1 Å². The van der Waals surface area contributed by atoms with Crippen LogP contribution in [0.1, 0.15) is 18.9 Å². The lowest BCUT2D eigenvalue weighted by Gasteiger charge is -2.13. The highest BCUT2D eigenvalue weighted by atomic mass is 16.5. The Hall–Kier alpha value is -2.09. The third-order valence-corrected chi connectivity index (χ3v) is 3.54. The maximum atomic E-state index is 11.7. The normalized spacial score (nSPS) is 22.4. The average Bonchev–Trinajstić information content (AvgIpc) is 2.67. The molecule has 0 fully saturated rings. The molecule has 104 valence electrons. The van der Waals surface area contributed by atoms with Crippen LogP contribution < -0.4 is 0 Å². The van der Waals surface area contributed by atoms with Crippen LogP contribution in [0.3, 0.4) is 0 Å². The van der Waals surface area contributed by atoms with E-state index < -0.39 is 0 Å². The van der Waals surface area contributed by atoms with E-state index in [1.807, 2.05) is 30.4 Å². The van der Waals surface area contributed by atoms with Crippen molar-refractivity contribution in [2.24, 2.45) is 11.8 Å². The second-order valence-corrected chi connectivity index (χ2v) is 5.02. The second kappa shape index (κ2) is 6.90. The highest BCUT2D eigenvalue weighted by Crippen LogP contribution is 2.25. The summed E-state index contributed by atoms with van der Waals surface area (Å²) in [6.45, 7) is 2.16. The second-order valence-electron chi connectivity index (χ2n) is 5.02. The molecule has 1 aliphatic carbocycles. The van der Waals surface area contributed by atoms with Crippen LogP contribution in [0.15, 0.2) is 60.2 Å². The van der Waals surface area contributed by atoms with Crippen molar-refractivity contribution in [1.29, 1.82) is 0 Å². The molecule has 0 amide bonds. The molecule has 1 aromatic rings. The summed E-state index contributed by atoms with van der Waals surface area (Å²) in [7, 11) is 1.43. The lowest BCUT2D eigenvalue weighted by molar-refractivity contribution is -0.136. The monoisotopic (exact) mass is 268 g/mol. The number of rotatable bonds is 3. The van der Waals surface area contributed by atoms with E-state index in [0.717, 1.165) is 5.57 Å². The molecule has 2 nitrogen and oxygen atoms in total. The SMILES string of the molecule is COC(=O)C1=C[C@@H](/C=C/c2ccccc2)[C@H](C)C=CC1. The van der Waals surface area contributed by atoms with E-state index in [0.29, 0.717) is 12.3 Å². The Balaban J connectivity index is 2.21. The fourth-order valence-corrected chi connectivity index (χ4v) is 2.29. The topological polar surface area (TPSA) is 26.3 Å². The van der Waals surface area contributed by atoms with Crippen molar-refractivity contribution in [3.05, 3.63) is 65.8 Å². The maximum Gasteiger partial charge on any atom is 0.333 e. The highest BCUT2D eigenvalue weighted by molar-refractivity contribution is 5.88. The number of carbonyl (C=O) groups excluding carboxylic acids is 1. The summed E-state index contributed by atoms with van der Waals surface area (Å²) in [5.41, 5.74) is 1.90. The van der Waals surface area contributed by atoms with Crippen molar-refractivity contribution < 1.29 is 9.53 Å². The number of ether oxygens (including phenoxy) is 1. The number of hydrogen-bond donors (Lipinski definition) is 0. The smallest absolute Gasteiger partial charge is 0.333 e. The summed E-state index contributed by atoms with van der Waals surface area (Å²) < 4.78 is 4.83. The van der Waals surface area contributed by atoms with Gasteiger partial charge in [0, 0.05) is 11.5 Å². The minimum absolute atomic E-state index is 0.211. The molecule has 1 aliphatic rings. The first-order valence-corrected chi connectivity index (χ1v) is 6.89. The van der Waals surface area contributed by atoms with E-state index >= 15 is 0 Å². The van der Waals surface area contributed by atoms with Crippen LogP contribution in [0.2, 0.25) is 0 Å². The van der Waals surface area contributed by atoms with E-state index in [4.69, 9.17) is 4.74 Å². The van der Waals surface area contributed by atoms with E-state index in [-0.39, 0.29) is 11.9 Å². The summed E-state index contributed by atoms with van der Waals surface area (Å²) >= 11 is 0. The van der Waals surface area contributed by atoms with E-state index in [2.05, 4.69) is 37.3 Å². The highest BCUT2D eigenvalue weighted by Gasteiger charge is 2.17. The first-order chi connectivity index (χ1) is 9.70. The first kappa shape index (κ1) is 14.3. The van der Waals surface area contributed by atoms with Crippen LogP contribution in [0.5, 0.6) is 0 Å². The summed E-state index contributed by atoms with van der Waals surface area (Å²) in [4.78, 5) is 11.7. The first-order valence-electron chi connectivity index (χ1n) is 6.89. The summed E-state index contributed by atoms with van der Waals surface area (Å²) in [6.07, 6.45) is 11.1. The molecular formula is C18H20O2. The number of methoxy groups -OCH3 is 1. The van der Waals surface area contributed by atoms with Gasteiger partial charge in [0.05, 0.1) is 7.11 Å². The Kier molecular flexibility index (Phi) is 4.94. The zero-order chi connectivity index (χ0) is 14.4. The van der Waals surface area contributed by atoms with Gasteiger partial charge in [0.25, 0.3) is 0 Å². The van der Waals surface area contributed by atoms with Crippen molar-refractivity contribution in [3.8, 4) is 0 Å². The Labute approximate surface area is 120 Å². The van der Waals surface area contributed by atoms with Crippen LogP contribution >= 0.6 is 0 Å². The van der Waals surface area contributed by atoms with Gasteiger partial charge in [-0.1, -0.05) is 67.6 Å². The average molecular weight is 268 g/mol. The Morgan fingerprint density at radius 1 is 1.30 bits per heavy atom. The van der Waals surface area contributed by atoms with E-state index in [1.165, 1.54) is 12.7 Å². The molecule has 0 aromatic heterocycles. The van der Waals surface area contributed by atoms with Gasteiger partial charge in [-0.2, -0.15) is 0 Å². The number of carbonyl (C=O) groups is 1. The standard InChI is InChI=1S/C18H20O2/c1-14-7-6-10-17(18(19)20-2)13-16(14)12-11-15-8-4-3-5-9-15/h3-9,11-14,16H,10H2,1-2H3/b12-11+/t14-,16-/m1/s1. The minimum atomic E-state index is -0.234. The lowest BCUT2D eigenvalue weighted by atomic mass is 9.92. The zero-order valence-corrected chi connectivity index (χ0v) is 12.0. The lowest BCUT2D eigenvalue weighted by Crippen LogP contribution is -2.08. The van der Waals surface area contributed by atoms with Crippen molar-refractivity contribution in [3.63, 3.8) is 0 Å². The van der Waals surface area contributed by atoms with Gasteiger partial charge >= 0.3 is 5.97 Å². The Morgan fingerprint density at radius 2 is 2.05 bits per heavy atom. The fraction of sp³-hybridized carbons (Fsp3) is 0.278. The van der Waals surface area contributed by atoms with Crippen LogP contribution in [0.4, 0.5) is 0 Å². The number of benzene rings is 1. The van der Waals surface area contributed by atoms with Crippen molar-refractivity contribution in [1.82, 2.24) is 0 Å². The van der Waals surface area contributed by atoms with Gasteiger partial charge < -0.3 is 4.74 Å². The van der Waals surface area contributed by atoms with Gasteiger partial charge in [0.2, 0.25) is 0 Å². The molecule has 0 saturated carbocycles. The van der Waals surface area contributed by atoms with E-state index in [1.54, 1.807) is 0 Å². The third-order valence-electron chi connectivity index (χ3n) is 3.54. The molecule has 0 unspecified atom stereocenters. The summed E-state index contributed by atoms with van der Waals surface area (Å²) in [5, 5.41) is 0. The molecule has 0 bridgehead atoms. The molecule has 2 atom stereocenters. The largest absolute Gasteiger partial charge is 0.466 e.